The van der Waals surface area contributed by atoms with E-state index >= 15 is 0 Å². The van der Waals surface area contributed by atoms with Crippen molar-refractivity contribution >= 4 is 81.1 Å². The second-order valence-electron chi connectivity index (χ2n) is 29.4. The molecule has 3 aliphatic heterocycles. The number of methoxy groups -OCH3 is 3. The van der Waals surface area contributed by atoms with Crippen LogP contribution in [0.3, 0.4) is 0 Å². The maximum absolute atomic E-state index is 13.8. The number of amides is 3. The van der Waals surface area contributed by atoms with Gasteiger partial charge in [0.15, 0.2) is 46.6 Å². The first-order valence-electron chi connectivity index (χ1n) is 36.2. The molecule has 3 fully saturated rings. The maximum Gasteiger partial charge on any atom is 0.359 e. The Morgan fingerprint density at radius 2 is 0.826 bits per heavy atom. The summed E-state index contributed by atoms with van der Waals surface area (Å²) < 4.78 is 108. The summed E-state index contributed by atoms with van der Waals surface area (Å²) in [5.74, 6) is -0.406. The summed E-state index contributed by atoms with van der Waals surface area (Å²) in [5, 5.41) is 26.3. The van der Waals surface area contributed by atoms with Crippen molar-refractivity contribution in [1.82, 2.24) is 44.5 Å². The molecule has 2 N–H and O–H groups in total. The molecule has 6 aliphatic rings. The first-order valence-corrected chi connectivity index (χ1v) is 41.8. The van der Waals surface area contributed by atoms with Crippen LogP contribution in [0, 0.1) is 0 Å². The number of hydrogen-bond acceptors (Lipinski definition) is 22. The molecule has 592 valence electrons. The normalized spacial score (nSPS) is 16.6. The molecule has 0 saturated heterocycles. The number of rotatable bonds is 29. The van der Waals surface area contributed by atoms with Crippen LogP contribution in [0.15, 0.2) is 98.1 Å². The quantitative estimate of drug-likeness (QED) is 0.0192. The molecule has 28 nitrogen and oxygen atoms in total. The summed E-state index contributed by atoms with van der Waals surface area (Å²) >= 11 is 3.28. The molecule has 0 spiro atoms. The molecule has 0 bridgehead atoms. The molecule has 3 saturated carbocycles. The number of halogens is 1. The van der Waals surface area contributed by atoms with E-state index in [-0.39, 0.29) is 93.0 Å². The van der Waals surface area contributed by atoms with Gasteiger partial charge in [-0.2, -0.15) is 15.3 Å². The molecular weight excluding hydrogens is 1530 g/mol. The summed E-state index contributed by atoms with van der Waals surface area (Å²) in [6.07, 6.45) is 7.72. The first kappa shape index (κ1) is 84.3. The molecule has 0 radical (unpaired) electrons. The highest BCUT2D eigenvalue weighted by molar-refractivity contribution is 9.09. The minimum Gasteiger partial charge on any atom is -0.497 e. The van der Waals surface area contributed by atoms with E-state index in [4.69, 9.17) is 28.4 Å². The Hall–Kier alpha value is -8.72. The minimum atomic E-state index is -3.71. The Labute approximate surface area is 646 Å². The number of fused-ring (bicyclic) bond motifs is 3. The van der Waals surface area contributed by atoms with E-state index in [2.05, 4.69) is 49.7 Å². The van der Waals surface area contributed by atoms with Gasteiger partial charge in [-0.15, -0.1) is 13.2 Å². The number of aliphatic hydroxyl groups is 1. The highest BCUT2D eigenvalue weighted by Crippen LogP contribution is 2.52. The van der Waals surface area contributed by atoms with Crippen LogP contribution in [0.2, 0.25) is 0 Å². The highest BCUT2D eigenvalue weighted by atomic mass is 79.9. The molecule has 0 atom stereocenters. The number of aliphatic hydroxyl groups excluding tert-OH is 1. The monoisotopic (exact) mass is 1630 g/mol. The average molecular weight is 1630 g/mol. The lowest BCUT2D eigenvalue weighted by Crippen LogP contribution is -2.51. The van der Waals surface area contributed by atoms with Crippen molar-refractivity contribution in [1.29, 1.82) is 0 Å². The van der Waals surface area contributed by atoms with Gasteiger partial charge in [-0.25, -0.2) is 39.6 Å². The molecule has 3 aromatic carbocycles. The lowest BCUT2D eigenvalue weighted by molar-refractivity contribution is 0.0507. The molecule has 0 unspecified atom stereocenters. The fraction of sp³-hybridized carbons (Fsp3) is 0.519. The Morgan fingerprint density at radius 1 is 0.514 bits per heavy atom. The third-order valence-electron chi connectivity index (χ3n) is 21.0. The summed E-state index contributed by atoms with van der Waals surface area (Å²) in [7, 11) is -5.62. The predicted molar refractivity (Wildman–Crippen MR) is 412 cm³/mol. The molecule has 3 aliphatic carbocycles. The van der Waals surface area contributed by atoms with Crippen molar-refractivity contribution in [2.45, 2.75) is 168 Å². The molecule has 109 heavy (non-hydrogen) atoms. The van der Waals surface area contributed by atoms with Gasteiger partial charge in [-0.1, -0.05) is 64.5 Å². The van der Waals surface area contributed by atoms with E-state index in [0.29, 0.717) is 109 Å². The van der Waals surface area contributed by atoms with Crippen molar-refractivity contribution < 1.29 is 87.5 Å². The number of hydrogen-bond donors (Lipinski definition) is 2. The fourth-order valence-electron chi connectivity index (χ4n) is 13.4. The van der Waals surface area contributed by atoms with Crippen molar-refractivity contribution in [2.24, 2.45) is 0 Å². The van der Waals surface area contributed by atoms with Crippen LogP contribution in [-0.2, 0) is 82.6 Å². The first-order chi connectivity index (χ1) is 51.5. The van der Waals surface area contributed by atoms with Crippen LogP contribution in [0.25, 0.3) is 0 Å². The zero-order chi connectivity index (χ0) is 80.0. The number of nitrogens with one attached hydrogen (secondary N) is 1. The second kappa shape index (κ2) is 33.5. The van der Waals surface area contributed by atoms with Crippen LogP contribution < -0.4 is 19.5 Å². The molecule has 3 aromatic heterocycles. The Morgan fingerprint density at radius 3 is 1.12 bits per heavy atom. The summed E-state index contributed by atoms with van der Waals surface area (Å²) in [4.78, 5) is 80.2. The SMILES string of the molecule is C=CC(C)(C)S(=O)(=O)C1(CBr)CC1.C=CC(C)(C)S(=O)(=O)C1(CN2CCc3c(C(=O)OCC)nn(Cc4ccc(OC)cc4)c3C2=O)CC1.CCOC(=O)c1nn(Cc2ccc(OC)cc2)c2c1CCN(CC1(S(=O)(=O)C(C)(C)CO)CC1)C2=O.CCOC(=O)c1nn(Cc2ccc(OC)cc2)c2c1CCNC2=O. The van der Waals surface area contributed by atoms with Gasteiger partial charge in [0.2, 0.25) is 0 Å². The Kier molecular flexibility index (Phi) is 25.9. The predicted octanol–water partition coefficient (Wildman–Crippen LogP) is 8.56. The molecule has 3 amide bonds. The van der Waals surface area contributed by atoms with Gasteiger partial charge >= 0.3 is 17.9 Å². The summed E-state index contributed by atoms with van der Waals surface area (Å²) in [6.45, 7) is 24.4. The van der Waals surface area contributed by atoms with E-state index in [0.717, 1.165) is 35.3 Å². The van der Waals surface area contributed by atoms with Crippen LogP contribution in [-0.4, -0.2) is 219 Å². The molecule has 6 heterocycles. The van der Waals surface area contributed by atoms with Crippen molar-refractivity contribution in [3.8, 4) is 17.2 Å². The van der Waals surface area contributed by atoms with Crippen LogP contribution >= 0.6 is 15.9 Å². The number of nitrogens with zero attached hydrogens (tertiary/aromatic N) is 8. The third-order valence-corrected chi connectivity index (χ3v) is 32.1. The number of alkyl halides is 1. The van der Waals surface area contributed by atoms with E-state index in [1.54, 1.807) is 96.4 Å². The lowest BCUT2D eigenvalue weighted by Gasteiger charge is -2.34. The van der Waals surface area contributed by atoms with E-state index < -0.39 is 82.5 Å². The van der Waals surface area contributed by atoms with Gasteiger partial charge in [0.25, 0.3) is 17.7 Å². The number of carbonyl (C=O) groups excluding carboxylic acids is 6. The second-order valence-corrected chi connectivity index (χ2v) is 38.8. The minimum absolute atomic E-state index is 0.0412. The van der Waals surface area contributed by atoms with Crippen molar-refractivity contribution in [3.63, 3.8) is 0 Å². The van der Waals surface area contributed by atoms with Crippen LogP contribution in [0.5, 0.6) is 17.2 Å². The van der Waals surface area contributed by atoms with E-state index in [1.807, 2.05) is 60.7 Å². The molecule has 12 rings (SSSR count). The van der Waals surface area contributed by atoms with Crippen molar-refractivity contribution in [2.75, 3.05) is 85.8 Å². The largest absolute Gasteiger partial charge is 0.497 e. The number of aromatic nitrogens is 6. The number of carbonyl (C=O) groups is 6. The van der Waals surface area contributed by atoms with Gasteiger partial charge in [0.1, 0.15) is 34.3 Å². The Bertz CT molecular complexity index is 4760. The number of sulfone groups is 3. The fourth-order valence-corrected chi connectivity index (χ4v) is 21.6. The molecule has 32 heteroatoms. The standard InChI is InChI=1S/C26H33N3O6S.C25H33N3O7S.C17H19N3O4.C9H15BrO2S/c1-6-25(3,4)36(32,33)26(13-14-26)17-28-15-12-20-21(24(31)35-7-2)27-29(22(20)23(28)30)16-18-8-10-19(34-5)11-9-18;1-5-35-23(31)20-19-10-13-27(15-25(11-12-25)36(32,33)24(2,3)16-29)22(30)21(19)28(26-20)14-17-6-8-18(34-4)9-7-17;1-3-24-17(22)14-13-8-9-18-16(21)15(13)20(19-14)10-11-4-6-12(23-2)7-5-11;1-4-8(2,3)13(11,12)9(7-10)5-6-9/h6,8-11H,1,7,12-17H2,2-5H3;6-9,29H,5,10-16H2,1-4H3;4-7H,3,8-10H2,1-2H3,(H,18,21);4H,1,5-7H2,2-3H3. The van der Waals surface area contributed by atoms with Gasteiger partial charge in [0, 0.05) is 54.7 Å². The van der Waals surface area contributed by atoms with E-state index in [9.17, 15) is 59.1 Å². The van der Waals surface area contributed by atoms with Gasteiger partial charge in [-0.05, 0) is 173 Å². The third kappa shape index (κ3) is 17.0. The zero-order valence-corrected chi connectivity index (χ0v) is 68.1. The van der Waals surface area contributed by atoms with Crippen molar-refractivity contribution in [3.05, 3.63) is 166 Å². The lowest BCUT2D eigenvalue weighted by atomic mass is 10.0. The summed E-state index contributed by atoms with van der Waals surface area (Å²) in [5.41, 5.74) is 5.89. The highest BCUT2D eigenvalue weighted by Gasteiger charge is 2.62. The average Bonchev–Trinajstić information content (AvgIpc) is 1.57. The van der Waals surface area contributed by atoms with Crippen LogP contribution in [0.4, 0.5) is 0 Å². The van der Waals surface area contributed by atoms with Crippen LogP contribution in [0.1, 0.15) is 197 Å². The number of benzene rings is 3. The van der Waals surface area contributed by atoms with Gasteiger partial charge < -0.3 is 48.6 Å². The number of esters is 3. The molecule has 6 aromatic rings. The van der Waals surface area contributed by atoms with Gasteiger partial charge in [0.05, 0.1) is 95.9 Å². The number of ether oxygens (including phenoxy) is 6. The molecular formula is C77H100BrN9O19S3. The maximum atomic E-state index is 13.8. The van der Waals surface area contributed by atoms with Gasteiger partial charge in [-0.3, -0.25) is 28.4 Å². The summed E-state index contributed by atoms with van der Waals surface area (Å²) in [6, 6.07) is 22.2. The Balaban J connectivity index is 0.000000177. The zero-order valence-electron chi connectivity index (χ0n) is 64.0. The van der Waals surface area contributed by atoms with E-state index in [1.165, 1.54) is 35.4 Å². The smallest absolute Gasteiger partial charge is 0.359 e. The topological polar surface area (TPSA) is 352 Å².